The number of carbonyl (C=O) groups excluding carboxylic acids is 1. The van der Waals surface area contributed by atoms with Crippen LogP contribution < -0.4 is 4.74 Å². The molecule has 1 aromatic carbocycles. The number of methoxy groups -OCH3 is 1. The van der Waals surface area contributed by atoms with Crippen molar-refractivity contribution in [2.45, 2.75) is 38.0 Å². The topological polar surface area (TPSA) is 42.4 Å². The van der Waals surface area contributed by atoms with Gasteiger partial charge in [0.25, 0.3) is 0 Å². The minimum Gasteiger partial charge on any atom is -0.497 e. The van der Waals surface area contributed by atoms with Gasteiger partial charge in [-0.15, -0.1) is 11.3 Å². The molecule has 0 saturated carbocycles. The van der Waals surface area contributed by atoms with E-state index >= 15 is 0 Å². The molecule has 0 N–H and O–H groups in total. The summed E-state index contributed by atoms with van der Waals surface area (Å²) in [4.78, 5) is 19.0. The van der Waals surface area contributed by atoms with E-state index in [1.165, 1.54) is 10.6 Å². The van der Waals surface area contributed by atoms with Gasteiger partial charge in [0.1, 0.15) is 5.75 Å². The molecule has 3 rings (SSSR count). The highest BCUT2D eigenvalue weighted by atomic mass is 32.1. The van der Waals surface area contributed by atoms with Crippen molar-refractivity contribution in [2.75, 3.05) is 20.2 Å². The van der Waals surface area contributed by atoms with Crippen molar-refractivity contribution in [2.24, 2.45) is 0 Å². The molecule has 1 saturated heterocycles. The van der Waals surface area contributed by atoms with E-state index in [4.69, 9.17) is 4.74 Å². The zero-order valence-corrected chi connectivity index (χ0v) is 15.1. The van der Waals surface area contributed by atoms with Gasteiger partial charge < -0.3 is 9.64 Å². The monoisotopic (exact) mass is 344 g/mol. The maximum Gasteiger partial charge on any atom is 0.223 e. The molecule has 1 aromatic heterocycles. The van der Waals surface area contributed by atoms with Gasteiger partial charge in [0.15, 0.2) is 0 Å². The lowest BCUT2D eigenvalue weighted by molar-refractivity contribution is -0.132. The maximum atomic E-state index is 12.6. The Balaban J connectivity index is 1.51. The van der Waals surface area contributed by atoms with Crippen molar-refractivity contribution in [3.63, 3.8) is 0 Å². The lowest BCUT2D eigenvalue weighted by Crippen LogP contribution is -2.38. The lowest BCUT2D eigenvalue weighted by Gasteiger charge is -2.32. The Hall–Kier alpha value is -1.88. The number of benzene rings is 1. The first-order chi connectivity index (χ1) is 11.7. The molecule has 1 fully saturated rings. The molecule has 2 aromatic rings. The van der Waals surface area contributed by atoms with Crippen LogP contribution in [0.15, 0.2) is 35.8 Å². The summed E-state index contributed by atoms with van der Waals surface area (Å²) < 4.78 is 5.19. The number of nitrogens with zero attached hydrogens (tertiary/aromatic N) is 2. The molecule has 1 unspecified atom stereocenters. The first kappa shape index (κ1) is 17.0. The van der Waals surface area contributed by atoms with Crippen molar-refractivity contribution < 1.29 is 9.53 Å². The Labute approximate surface area is 147 Å². The fraction of sp³-hybridized carbons (Fsp3) is 0.474. The summed E-state index contributed by atoms with van der Waals surface area (Å²) in [5, 5.41) is 3.25. The summed E-state index contributed by atoms with van der Waals surface area (Å²) in [6, 6.07) is 8.00. The molecule has 24 heavy (non-hydrogen) atoms. The number of thiazole rings is 1. The Bertz CT molecular complexity index is 647. The zero-order chi connectivity index (χ0) is 16.9. The standard InChI is InChI=1S/C19H24N2O2S/c1-14(15-3-5-17(23-2)6-4-15)13-18(22)21-10-7-16(8-11-21)19-20-9-12-24-19/h3-6,9,12,14,16H,7-8,10-11,13H2,1-2H3. The molecular weight excluding hydrogens is 320 g/mol. The fourth-order valence-electron chi connectivity index (χ4n) is 3.25. The van der Waals surface area contributed by atoms with Gasteiger partial charge in [-0.1, -0.05) is 19.1 Å². The number of hydrogen-bond donors (Lipinski definition) is 0. The van der Waals surface area contributed by atoms with E-state index in [0.717, 1.165) is 31.7 Å². The molecule has 1 aliphatic heterocycles. The second-order valence-electron chi connectivity index (χ2n) is 6.40. The maximum absolute atomic E-state index is 12.6. The Morgan fingerprint density at radius 3 is 2.62 bits per heavy atom. The smallest absolute Gasteiger partial charge is 0.223 e. The summed E-state index contributed by atoms with van der Waals surface area (Å²) in [6.07, 6.45) is 4.48. The van der Waals surface area contributed by atoms with Gasteiger partial charge in [-0.25, -0.2) is 4.98 Å². The van der Waals surface area contributed by atoms with Crippen LogP contribution in [0.5, 0.6) is 5.75 Å². The number of hydrogen-bond acceptors (Lipinski definition) is 4. The molecule has 0 bridgehead atoms. The zero-order valence-electron chi connectivity index (χ0n) is 14.3. The second-order valence-corrected chi connectivity index (χ2v) is 7.33. The minimum atomic E-state index is 0.222. The first-order valence-electron chi connectivity index (χ1n) is 8.48. The van der Waals surface area contributed by atoms with Crippen LogP contribution in [0.25, 0.3) is 0 Å². The Morgan fingerprint density at radius 1 is 1.33 bits per heavy atom. The molecule has 0 radical (unpaired) electrons. The SMILES string of the molecule is COc1ccc(C(C)CC(=O)N2CCC(c3nccs3)CC2)cc1. The van der Waals surface area contributed by atoms with Gasteiger partial charge in [-0.2, -0.15) is 0 Å². The predicted molar refractivity (Wildman–Crippen MR) is 96.7 cm³/mol. The summed E-state index contributed by atoms with van der Waals surface area (Å²) in [7, 11) is 1.66. The molecule has 1 atom stereocenters. The van der Waals surface area contributed by atoms with Crippen molar-refractivity contribution in [1.29, 1.82) is 0 Å². The molecule has 128 valence electrons. The van der Waals surface area contributed by atoms with E-state index in [2.05, 4.69) is 11.9 Å². The lowest BCUT2D eigenvalue weighted by atomic mass is 9.94. The molecule has 1 aliphatic rings. The van der Waals surface area contributed by atoms with Crippen LogP contribution in [-0.4, -0.2) is 36.0 Å². The van der Waals surface area contributed by atoms with Gasteiger partial charge in [0.2, 0.25) is 5.91 Å². The van der Waals surface area contributed by atoms with Crippen LogP contribution in [0, 0.1) is 0 Å². The number of rotatable bonds is 5. The van der Waals surface area contributed by atoms with Crippen LogP contribution in [-0.2, 0) is 4.79 Å². The predicted octanol–water partition coefficient (Wildman–Crippen LogP) is 4.05. The highest BCUT2D eigenvalue weighted by molar-refractivity contribution is 7.09. The Kier molecular flexibility index (Phi) is 5.51. The molecule has 5 heteroatoms. The second kappa shape index (κ2) is 7.79. The van der Waals surface area contributed by atoms with E-state index in [1.807, 2.05) is 40.7 Å². The largest absolute Gasteiger partial charge is 0.497 e. The van der Waals surface area contributed by atoms with E-state index in [1.54, 1.807) is 18.4 Å². The molecule has 0 aliphatic carbocycles. The molecule has 1 amide bonds. The highest BCUT2D eigenvalue weighted by Crippen LogP contribution is 2.30. The molecule has 2 heterocycles. The van der Waals surface area contributed by atoms with E-state index < -0.39 is 0 Å². The van der Waals surface area contributed by atoms with Gasteiger partial charge in [0.05, 0.1) is 12.1 Å². The molecule has 0 spiro atoms. The van der Waals surface area contributed by atoms with Crippen molar-refractivity contribution in [3.8, 4) is 5.75 Å². The third-order valence-electron chi connectivity index (χ3n) is 4.81. The first-order valence-corrected chi connectivity index (χ1v) is 9.36. The van der Waals surface area contributed by atoms with Gasteiger partial charge >= 0.3 is 0 Å². The summed E-state index contributed by atoms with van der Waals surface area (Å²) >= 11 is 1.73. The van der Waals surface area contributed by atoms with Crippen LogP contribution in [0.3, 0.4) is 0 Å². The third-order valence-corrected chi connectivity index (χ3v) is 5.75. The average Bonchev–Trinajstić information content (AvgIpc) is 3.16. The quantitative estimate of drug-likeness (QED) is 0.822. The van der Waals surface area contributed by atoms with Crippen molar-refractivity contribution in [3.05, 3.63) is 46.4 Å². The van der Waals surface area contributed by atoms with E-state index in [-0.39, 0.29) is 11.8 Å². The molecule has 4 nitrogen and oxygen atoms in total. The van der Waals surface area contributed by atoms with Crippen LogP contribution >= 0.6 is 11.3 Å². The van der Waals surface area contributed by atoms with Crippen LogP contribution in [0.1, 0.15) is 48.6 Å². The Morgan fingerprint density at radius 2 is 2.04 bits per heavy atom. The van der Waals surface area contributed by atoms with E-state index in [9.17, 15) is 4.79 Å². The summed E-state index contributed by atoms with van der Waals surface area (Å²) in [6.45, 7) is 3.80. The number of carbonyl (C=O) groups is 1. The average molecular weight is 344 g/mol. The van der Waals surface area contributed by atoms with Crippen LogP contribution in [0.2, 0.25) is 0 Å². The molecular formula is C19H24N2O2S. The van der Waals surface area contributed by atoms with E-state index in [0.29, 0.717) is 12.3 Å². The normalized spacial score (nSPS) is 16.8. The fourth-order valence-corrected chi connectivity index (χ4v) is 4.06. The number of piperidine rings is 1. The highest BCUT2D eigenvalue weighted by Gasteiger charge is 2.26. The third kappa shape index (κ3) is 3.96. The van der Waals surface area contributed by atoms with Gasteiger partial charge in [-0.3, -0.25) is 4.79 Å². The van der Waals surface area contributed by atoms with Crippen LogP contribution in [0.4, 0.5) is 0 Å². The number of likely N-dealkylation sites (tertiary alicyclic amines) is 1. The number of ether oxygens (including phenoxy) is 1. The summed E-state index contributed by atoms with van der Waals surface area (Å²) in [5.74, 6) is 1.85. The van der Waals surface area contributed by atoms with Crippen molar-refractivity contribution >= 4 is 17.2 Å². The minimum absolute atomic E-state index is 0.222. The van der Waals surface area contributed by atoms with Crippen molar-refractivity contribution in [1.82, 2.24) is 9.88 Å². The van der Waals surface area contributed by atoms with Gasteiger partial charge in [0, 0.05) is 37.0 Å². The number of aromatic nitrogens is 1. The van der Waals surface area contributed by atoms with Gasteiger partial charge in [-0.05, 0) is 36.5 Å². The number of amides is 1. The summed E-state index contributed by atoms with van der Waals surface area (Å²) in [5.41, 5.74) is 1.18.